The zero-order valence-electron chi connectivity index (χ0n) is 25.1. The lowest BCUT2D eigenvalue weighted by atomic mass is 9.45. The molecule has 2 aliphatic heterocycles. The number of quaternary nitrogens is 2. The van der Waals surface area contributed by atoms with Gasteiger partial charge in [-0.05, 0) is 67.6 Å². The molecule has 0 aromatic heterocycles. The van der Waals surface area contributed by atoms with Gasteiger partial charge in [0.05, 0.1) is 46.6 Å². The highest BCUT2D eigenvalue weighted by Crippen LogP contribution is 2.67. The number of fused-ring (bicyclic) bond motifs is 5. The van der Waals surface area contributed by atoms with Crippen molar-refractivity contribution in [2.24, 2.45) is 34.5 Å². The number of morpholine rings is 2. The summed E-state index contributed by atoms with van der Waals surface area (Å²) in [6.45, 7) is 14.8. The van der Waals surface area contributed by atoms with Crippen molar-refractivity contribution in [2.45, 2.75) is 90.3 Å². The van der Waals surface area contributed by atoms with Crippen LogP contribution in [-0.4, -0.2) is 99.8 Å². The van der Waals surface area contributed by atoms with Crippen molar-refractivity contribution in [3.63, 3.8) is 0 Å². The molecule has 226 valence electrons. The van der Waals surface area contributed by atoms with E-state index in [0.717, 1.165) is 67.8 Å². The van der Waals surface area contributed by atoms with Crippen molar-refractivity contribution in [2.75, 3.05) is 66.7 Å². The highest BCUT2D eigenvalue weighted by molar-refractivity contribution is 5.66. The molecule has 9 atom stereocenters. The highest BCUT2D eigenvalue weighted by Gasteiger charge is 2.67. The third-order valence-corrected chi connectivity index (χ3v) is 13.5. The topological polar surface area (TPSA) is 44.8 Å². The van der Waals surface area contributed by atoms with Crippen LogP contribution in [0, 0.1) is 34.5 Å². The van der Waals surface area contributed by atoms with E-state index < -0.39 is 0 Å². The molecular weight excluding hydrogens is 718 g/mol. The Morgan fingerprint density at radius 1 is 0.769 bits per heavy atom. The summed E-state index contributed by atoms with van der Waals surface area (Å²) in [6.07, 6.45) is 10.8. The highest BCUT2D eigenvalue weighted by atomic mass is 127. The molecule has 6 fully saturated rings. The lowest BCUT2D eigenvalue weighted by molar-refractivity contribution is -0.942. The van der Waals surface area contributed by atoms with Crippen LogP contribution in [0.3, 0.4) is 0 Å². The van der Waals surface area contributed by atoms with Crippen LogP contribution in [0.25, 0.3) is 0 Å². The first kappa shape index (κ1) is 32.7. The number of hydrogen-bond donors (Lipinski definition) is 0. The van der Waals surface area contributed by atoms with Gasteiger partial charge in [-0.1, -0.05) is 13.8 Å². The molecule has 8 heteroatoms. The van der Waals surface area contributed by atoms with Crippen molar-refractivity contribution in [3.05, 3.63) is 0 Å². The Morgan fingerprint density at radius 3 is 1.97 bits per heavy atom. The Bertz CT molecular complexity index is 879. The van der Waals surface area contributed by atoms with Crippen molar-refractivity contribution >= 4 is 5.97 Å². The maximum absolute atomic E-state index is 12.4. The van der Waals surface area contributed by atoms with E-state index in [4.69, 9.17) is 14.2 Å². The fourth-order valence-corrected chi connectivity index (χ4v) is 11.0. The maximum Gasteiger partial charge on any atom is 0.303 e. The lowest BCUT2D eigenvalue weighted by Crippen LogP contribution is -3.00. The summed E-state index contributed by atoms with van der Waals surface area (Å²) in [5.74, 6) is 3.09. The molecule has 0 N–H and O–H groups in total. The predicted molar refractivity (Wildman–Crippen MR) is 144 cm³/mol. The SMILES string of the molecule is CC(=O)O[C@H]1[C@@H]([N+]2(C)CCOCC2)C[C@H]2[C@@H]3CC[C@H]4C[C@@H]([N+]5(C)CCOCC5)CC[C@]4(C)[C@H]3CC[C@@]21C.[I-].[I-]. The van der Waals surface area contributed by atoms with Gasteiger partial charge in [-0.15, -0.1) is 0 Å². The van der Waals surface area contributed by atoms with Crippen LogP contribution < -0.4 is 48.0 Å². The molecule has 4 saturated carbocycles. The molecule has 2 saturated heterocycles. The number of rotatable bonds is 3. The van der Waals surface area contributed by atoms with Gasteiger partial charge in [-0.3, -0.25) is 4.79 Å². The third kappa shape index (κ3) is 5.48. The Kier molecular flexibility index (Phi) is 10.1. The number of carbonyl (C=O) groups is 1. The predicted octanol–water partition coefficient (Wildman–Crippen LogP) is -1.73. The van der Waals surface area contributed by atoms with E-state index in [-0.39, 0.29) is 65.4 Å². The molecule has 6 aliphatic rings. The fraction of sp³-hybridized carbons (Fsp3) is 0.968. The molecule has 0 unspecified atom stereocenters. The van der Waals surface area contributed by atoms with E-state index in [1.807, 2.05) is 0 Å². The zero-order valence-corrected chi connectivity index (χ0v) is 29.5. The van der Waals surface area contributed by atoms with E-state index in [1.165, 1.54) is 68.9 Å². The van der Waals surface area contributed by atoms with Crippen LogP contribution in [0.2, 0.25) is 0 Å². The summed E-state index contributed by atoms with van der Waals surface area (Å²) in [7, 11) is 4.92. The van der Waals surface area contributed by atoms with Gasteiger partial charge in [-0.25, -0.2) is 0 Å². The molecule has 0 aromatic carbocycles. The average molecular weight is 773 g/mol. The van der Waals surface area contributed by atoms with Gasteiger partial charge in [-0.2, -0.15) is 0 Å². The van der Waals surface area contributed by atoms with Gasteiger partial charge in [0.25, 0.3) is 0 Å². The summed E-state index contributed by atoms with van der Waals surface area (Å²) >= 11 is 0. The molecule has 2 heterocycles. The van der Waals surface area contributed by atoms with Crippen LogP contribution in [-0.2, 0) is 19.0 Å². The number of nitrogens with zero attached hydrogens (tertiary/aromatic N) is 2. The minimum atomic E-state index is -0.0902. The Hall–Kier alpha value is 0.770. The normalized spacial score (nSPS) is 46.3. The van der Waals surface area contributed by atoms with Crippen LogP contribution in [0.15, 0.2) is 0 Å². The number of carbonyl (C=O) groups excluding carboxylic acids is 1. The van der Waals surface area contributed by atoms with Crippen molar-refractivity contribution < 1.29 is 75.9 Å². The molecular formula is C31H54I2N2O4. The van der Waals surface area contributed by atoms with Crippen molar-refractivity contribution in [1.29, 1.82) is 0 Å². The van der Waals surface area contributed by atoms with E-state index >= 15 is 0 Å². The summed E-state index contributed by atoms with van der Waals surface area (Å²) in [5, 5.41) is 0. The zero-order chi connectivity index (χ0) is 26.1. The second-order valence-electron chi connectivity index (χ2n) is 15.0. The summed E-state index contributed by atoms with van der Waals surface area (Å²) in [5.41, 5.74) is 0.600. The van der Waals surface area contributed by atoms with Gasteiger partial charge in [0.1, 0.15) is 32.2 Å². The molecule has 0 radical (unpaired) electrons. The standard InChI is InChI=1S/C31H54N2O4.2HI/c1-22(34)37-29-28(33(5)14-18-36-19-15-33)21-27-25-7-6-23-20-24(32(4)12-16-35-17-13-32)8-10-30(23,2)26(25)9-11-31(27,29)3;;/h23-29H,6-21H2,1-5H3;2*1H/q+2;;/p-2/t23-,24-,25+,26-,27-,28-,29-,30-,31-;;/m0../s1. The van der Waals surface area contributed by atoms with Crippen molar-refractivity contribution in [1.82, 2.24) is 0 Å². The number of ether oxygens (including phenoxy) is 3. The van der Waals surface area contributed by atoms with Gasteiger partial charge in [0.15, 0.2) is 6.10 Å². The first-order valence-corrected chi connectivity index (χ1v) is 15.6. The molecule has 0 spiro atoms. The number of hydrogen-bond acceptors (Lipinski definition) is 4. The monoisotopic (exact) mass is 772 g/mol. The second kappa shape index (κ2) is 12.0. The van der Waals surface area contributed by atoms with Gasteiger partial charge in [0, 0.05) is 25.2 Å². The number of likely N-dealkylation sites (N-methyl/N-ethyl adjacent to an activating group) is 2. The van der Waals surface area contributed by atoms with Gasteiger partial charge >= 0.3 is 5.97 Å². The van der Waals surface area contributed by atoms with E-state index in [9.17, 15) is 4.79 Å². The molecule has 39 heavy (non-hydrogen) atoms. The third-order valence-electron chi connectivity index (χ3n) is 13.5. The van der Waals surface area contributed by atoms with Crippen molar-refractivity contribution in [3.8, 4) is 0 Å². The summed E-state index contributed by atoms with van der Waals surface area (Å²) < 4.78 is 20.1. The van der Waals surface area contributed by atoms with E-state index in [2.05, 4.69) is 27.9 Å². The molecule has 0 aromatic rings. The largest absolute Gasteiger partial charge is 1.00 e. The van der Waals surface area contributed by atoms with Crippen LogP contribution in [0.1, 0.15) is 72.1 Å². The summed E-state index contributed by atoms with van der Waals surface area (Å²) in [6, 6.07) is 1.23. The first-order chi connectivity index (χ1) is 17.6. The quantitative estimate of drug-likeness (QED) is 0.195. The minimum absolute atomic E-state index is 0. The molecule has 6 nitrogen and oxygen atoms in total. The molecule has 0 amide bonds. The Balaban J connectivity index is 0.00000176. The second-order valence-corrected chi connectivity index (χ2v) is 15.0. The minimum Gasteiger partial charge on any atom is -1.00 e. The van der Waals surface area contributed by atoms with E-state index in [1.54, 1.807) is 6.92 Å². The van der Waals surface area contributed by atoms with Crippen LogP contribution in [0.4, 0.5) is 0 Å². The smallest absolute Gasteiger partial charge is 0.303 e. The summed E-state index contributed by atoms with van der Waals surface area (Å²) in [4.78, 5) is 12.4. The van der Waals surface area contributed by atoms with Crippen LogP contribution >= 0.6 is 0 Å². The lowest BCUT2D eigenvalue weighted by Gasteiger charge is -2.61. The van der Waals surface area contributed by atoms with Gasteiger partial charge in [0.2, 0.25) is 0 Å². The number of esters is 1. The Morgan fingerprint density at radius 2 is 1.36 bits per heavy atom. The van der Waals surface area contributed by atoms with Crippen LogP contribution in [0.5, 0.6) is 0 Å². The first-order valence-electron chi connectivity index (χ1n) is 15.6. The maximum atomic E-state index is 12.4. The molecule has 6 rings (SSSR count). The van der Waals surface area contributed by atoms with E-state index in [0.29, 0.717) is 17.4 Å². The Labute approximate surface area is 271 Å². The fourth-order valence-electron chi connectivity index (χ4n) is 11.0. The van der Waals surface area contributed by atoms with Gasteiger partial charge < -0.3 is 71.1 Å². The molecule has 0 bridgehead atoms. The average Bonchev–Trinajstić information content (AvgIpc) is 3.17. The number of halogens is 2. The molecule has 4 aliphatic carbocycles.